The molecule has 0 aliphatic heterocycles. The predicted molar refractivity (Wildman–Crippen MR) is 61.5 cm³/mol. The highest BCUT2D eigenvalue weighted by molar-refractivity contribution is 6.35. The van der Waals surface area contributed by atoms with E-state index in [1.165, 1.54) is 0 Å². The van der Waals surface area contributed by atoms with Crippen LogP contribution >= 0.6 is 0 Å². The summed E-state index contributed by atoms with van der Waals surface area (Å²) < 4.78 is 5.27. The Hall–Kier alpha value is -1.12. The molecule has 0 saturated carbocycles. The van der Waals surface area contributed by atoms with Crippen molar-refractivity contribution in [3.8, 4) is 5.75 Å². The van der Waals surface area contributed by atoms with Crippen molar-refractivity contribution >= 4 is 19.0 Å². The maximum atomic E-state index is 5.76. The molecule has 2 N–H and O–H groups in total. The van der Waals surface area contributed by atoms with Crippen LogP contribution in [0.4, 0.5) is 5.69 Å². The molecular formula is C11H16BNO. The van der Waals surface area contributed by atoms with Crippen LogP contribution < -0.4 is 15.9 Å². The first kappa shape index (κ1) is 11.0. The van der Waals surface area contributed by atoms with E-state index in [0.29, 0.717) is 11.2 Å². The fraction of sp³-hybridized carbons (Fsp3) is 0.455. The predicted octanol–water partition coefficient (Wildman–Crippen LogP) is 1.37. The number of nitrogens with two attached hydrogens (primary N) is 1. The minimum Gasteiger partial charge on any atom is -0.496 e. The molecule has 2 nitrogen and oxygen atoms in total. The molecule has 74 valence electrons. The van der Waals surface area contributed by atoms with E-state index in [9.17, 15) is 0 Å². The van der Waals surface area contributed by atoms with E-state index >= 15 is 0 Å². The molecule has 0 aliphatic rings. The molecule has 0 aromatic heterocycles. The summed E-state index contributed by atoms with van der Waals surface area (Å²) in [6.45, 7) is 6.33. The second-order valence-corrected chi connectivity index (χ2v) is 4.43. The Bertz CT molecular complexity index is 342. The standard InChI is InChI=1S/C11H16BNO/c1-11(2,3)7-5-8(12)9(13)6-10(7)14-4/h5-6H,13H2,1-4H3. The maximum absolute atomic E-state index is 5.76. The van der Waals surface area contributed by atoms with Gasteiger partial charge in [0.05, 0.1) is 7.11 Å². The number of hydrogen-bond donors (Lipinski definition) is 1. The van der Waals surface area contributed by atoms with Gasteiger partial charge in [-0.1, -0.05) is 32.3 Å². The van der Waals surface area contributed by atoms with E-state index in [1.807, 2.05) is 6.07 Å². The summed E-state index contributed by atoms with van der Waals surface area (Å²) in [5.74, 6) is 0.796. The summed E-state index contributed by atoms with van der Waals surface area (Å²) in [5.41, 5.74) is 7.96. The SMILES string of the molecule is [B]c1cc(C(C)(C)C)c(OC)cc1N. The van der Waals surface area contributed by atoms with Gasteiger partial charge in [-0.3, -0.25) is 0 Å². The Morgan fingerprint density at radius 1 is 1.29 bits per heavy atom. The highest BCUT2D eigenvalue weighted by atomic mass is 16.5. The lowest BCUT2D eigenvalue weighted by atomic mass is 9.81. The summed E-state index contributed by atoms with van der Waals surface area (Å²) in [6.07, 6.45) is 0. The van der Waals surface area contributed by atoms with Gasteiger partial charge in [0.25, 0.3) is 0 Å². The van der Waals surface area contributed by atoms with E-state index in [4.69, 9.17) is 18.3 Å². The van der Waals surface area contributed by atoms with Crippen molar-refractivity contribution in [3.63, 3.8) is 0 Å². The van der Waals surface area contributed by atoms with Crippen molar-refractivity contribution in [2.75, 3.05) is 12.8 Å². The Kier molecular flexibility index (Phi) is 2.79. The molecule has 2 radical (unpaired) electrons. The van der Waals surface area contributed by atoms with Crippen LogP contribution in [-0.2, 0) is 5.41 Å². The van der Waals surface area contributed by atoms with Gasteiger partial charge < -0.3 is 10.5 Å². The number of rotatable bonds is 1. The van der Waals surface area contributed by atoms with Crippen molar-refractivity contribution < 1.29 is 4.74 Å². The van der Waals surface area contributed by atoms with Crippen molar-refractivity contribution in [3.05, 3.63) is 17.7 Å². The van der Waals surface area contributed by atoms with Crippen LogP contribution in [0.3, 0.4) is 0 Å². The Morgan fingerprint density at radius 3 is 2.29 bits per heavy atom. The molecule has 0 fully saturated rings. The molecule has 1 aromatic carbocycles. The number of hydrogen-bond acceptors (Lipinski definition) is 2. The highest BCUT2D eigenvalue weighted by Gasteiger charge is 2.19. The first-order chi connectivity index (χ1) is 6.36. The molecular weight excluding hydrogens is 173 g/mol. The Labute approximate surface area is 86.9 Å². The second kappa shape index (κ2) is 3.56. The average Bonchev–Trinajstić information content (AvgIpc) is 2.07. The minimum absolute atomic E-state index is 0.00711. The summed E-state index contributed by atoms with van der Waals surface area (Å²) in [5, 5.41) is 0. The summed E-state index contributed by atoms with van der Waals surface area (Å²) >= 11 is 0. The van der Waals surface area contributed by atoms with Gasteiger partial charge in [-0.2, -0.15) is 0 Å². The first-order valence-corrected chi connectivity index (χ1v) is 4.59. The molecule has 0 unspecified atom stereocenters. The van der Waals surface area contributed by atoms with E-state index in [0.717, 1.165) is 11.3 Å². The zero-order chi connectivity index (χ0) is 10.9. The van der Waals surface area contributed by atoms with Crippen molar-refractivity contribution in [1.82, 2.24) is 0 Å². The van der Waals surface area contributed by atoms with Gasteiger partial charge in [0.15, 0.2) is 0 Å². The zero-order valence-corrected chi connectivity index (χ0v) is 9.22. The van der Waals surface area contributed by atoms with Gasteiger partial charge in [0.1, 0.15) is 13.6 Å². The first-order valence-electron chi connectivity index (χ1n) is 4.59. The van der Waals surface area contributed by atoms with Gasteiger partial charge >= 0.3 is 0 Å². The Morgan fingerprint density at radius 2 is 1.86 bits per heavy atom. The van der Waals surface area contributed by atoms with Crippen LogP contribution in [0.5, 0.6) is 5.75 Å². The van der Waals surface area contributed by atoms with Crippen LogP contribution in [0.1, 0.15) is 26.3 Å². The van der Waals surface area contributed by atoms with Gasteiger partial charge in [-0.25, -0.2) is 0 Å². The number of anilines is 1. The summed E-state index contributed by atoms with van der Waals surface area (Å²) in [4.78, 5) is 0. The second-order valence-electron chi connectivity index (χ2n) is 4.43. The molecule has 3 heteroatoms. The average molecular weight is 189 g/mol. The van der Waals surface area contributed by atoms with E-state index in [1.54, 1.807) is 13.2 Å². The topological polar surface area (TPSA) is 35.2 Å². The molecule has 0 saturated heterocycles. The van der Waals surface area contributed by atoms with Crippen LogP contribution in [0.2, 0.25) is 0 Å². The summed E-state index contributed by atoms with van der Waals surface area (Å²) in [7, 11) is 7.40. The van der Waals surface area contributed by atoms with Gasteiger partial charge in [-0.05, 0) is 11.0 Å². The fourth-order valence-electron chi connectivity index (χ4n) is 1.37. The smallest absolute Gasteiger partial charge is 0.124 e. The largest absolute Gasteiger partial charge is 0.496 e. The lowest BCUT2D eigenvalue weighted by Crippen LogP contribution is -2.19. The van der Waals surface area contributed by atoms with Crippen molar-refractivity contribution in [2.24, 2.45) is 0 Å². The van der Waals surface area contributed by atoms with Crippen LogP contribution in [0.25, 0.3) is 0 Å². The molecule has 0 atom stereocenters. The summed E-state index contributed by atoms with van der Waals surface area (Å²) in [6, 6.07) is 3.66. The van der Waals surface area contributed by atoms with Crippen LogP contribution in [0, 0.1) is 0 Å². The van der Waals surface area contributed by atoms with Gasteiger partial charge in [0.2, 0.25) is 0 Å². The van der Waals surface area contributed by atoms with Crippen LogP contribution in [-0.4, -0.2) is 15.0 Å². The van der Waals surface area contributed by atoms with Crippen molar-refractivity contribution in [2.45, 2.75) is 26.2 Å². The molecule has 14 heavy (non-hydrogen) atoms. The third kappa shape index (κ3) is 2.03. The number of nitrogen functional groups attached to an aromatic ring is 1. The quantitative estimate of drug-likeness (QED) is 0.534. The Balaban J connectivity index is 3.35. The van der Waals surface area contributed by atoms with Gasteiger partial charge in [0, 0.05) is 11.8 Å². The van der Waals surface area contributed by atoms with Crippen LogP contribution in [0.15, 0.2) is 12.1 Å². The highest BCUT2D eigenvalue weighted by Crippen LogP contribution is 2.31. The normalized spacial score (nSPS) is 11.4. The molecule has 1 aromatic rings. The van der Waals surface area contributed by atoms with Gasteiger partial charge in [-0.15, -0.1) is 0 Å². The molecule has 0 heterocycles. The number of ether oxygens (including phenoxy) is 1. The van der Waals surface area contributed by atoms with E-state index < -0.39 is 0 Å². The molecule has 0 spiro atoms. The molecule has 0 amide bonds. The monoisotopic (exact) mass is 189 g/mol. The number of benzene rings is 1. The minimum atomic E-state index is 0.00711. The molecule has 0 aliphatic carbocycles. The fourth-order valence-corrected chi connectivity index (χ4v) is 1.37. The maximum Gasteiger partial charge on any atom is 0.124 e. The zero-order valence-electron chi connectivity index (χ0n) is 9.22. The molecule has 0 bridgehead atoms. The van der Waals surface area contributed by atoms with E-state index in [-0.39, 0.29) is 5.41 Å². The third-order valence-corrected chi connectivity index (χ3v) is 2.21. The van der Waals surface area contributed by atoms with E-state index in [2.05, 4.69) is 20.8 Å². The third-order valence-electron chi connectivity index (χ3n) is 2.21. The molecule has 1 rings (SSSR count). The number of methoxy groups -OCH3 is 1. The lowest BCUT2D eigenvalue weighted by Gasteiger charge is -2.23. The van der Waals surface area contributed by atoms with Crippen molar-refractivity contribution in [1.29, 1.82) is 0 Å². The lowest BCUT2D eigenvalue weighted by molar-refractivity contribution is 0.398.